The Morgan fingerprint density at radius 2 is 2.42 bits per heavy atom. The fourth-order valence-corrected chi connectivity index (χ4v) is 1.46. The van der Waals surface area contributed by atoms with E-state index in [2.05, 4.69) is 27.3 Å². The number of nitrogens with zero attached hydrogens (tertiary/aromatic N) is 1. The molecule has 0 aliphatic heterocycles. The number of aromatic nitrogens is 1. The predicted octanol–water partition coefficient (Wildman–Crippen LogP) is 2.40. The van der Waals surface area contributed by atoms with Crippen molar-refractivity contribution in [2.24, 2.45) is 0 Å². The molecule has 0 saturated carbocycles. The molecule has 0 fully saturated rings. The van der Waals surface area contributed by atoms with Gasteiger partial charge in [-0.1, -0.05) is 0 Å². The molecule has 1 radical (unpaired) electrons. The van der Waals surface area contributed by atoms with Crippen molar-refractivity contribution in [1.29, 1.82) is 0 Å². The zero-order valence-corrected chi connectivity index (χ0v) is 7.88. The topological polar surface area (TPSA) is 35.3 Å². The molecule has 0 unspecified atom stereocenters. The Morgan fingerprint density at radius 1 is 1.58 bits per heavy atom. The molecule has 0 atom stereocenters. The molecule has 0 bridgehead atoms. The van der Waals surface area contributed by atoms with Crippen LogP contribution in [0.1, 0.15) is 0 Å². The van der Waals surface area contributed by atoms with E-state index in [1.54, 1.807) is 19.2 Å². The number of methoxy groups -OCH3 is 1. The summed E-state index contributed by atoms with van der Waals surface area (Å²) in [6.45, 7) is 0. The third-order valence-electron chi connectivity index (χ3n) is 1.56. The number of hydrogen-bond acceptors (Lipinski definition) is 3. The van der Waals surface area contributed by atoms with Gasteiger partial charge in [-0.3, -0.25) is 0 Å². The number of hydrogen-bond donors (Lipinski definition) is 0. The molecule has 1 heterocycles. The minimum Gasteiger partial charge on any atom is -0.495 e. The van der Waals surface area contributed by atoms with Crippen LogP contribution >= 0.6 is 15.9 Å². The lowest BCUT2D eigenvalue weighted by molar-refractivity contribution is 0.412. The van der Waals surface area contributed by atoms with Gasteiger partial charge in [0.05, 0.1) is 11.6 Å². The molecule has 2 aromatic rings. The van der Waals surface area contributed by atoms with E-state index in [0.29, 0.717) is 5.58 Å². The average Bonchev–Trinajstić information content (AvgIpc) is 2.49. The lowest BCUT2D eigenvalue weighted by atomic mass is 10.3. The number of rotatable bonds is 1. The second-order valence-corrected chi connectivity index (χ2v) is 3.11. The number of fused-ring (bicyclic) bond motifs is 1. The molecule has 2 rings (SSSR count). The minimum absolute atomic E-state index is 0.697. The van der Waals surface area contributed by atoms with Gasteiger partial charge >= 0.3 is 0 Å². The Bertz CT molecular complexity index is 410. The van der Waals surface area contributed by atoms with Crippen molar-refractivity contribution < 1.29 is 9.15 Å². The van der Waals surface area contributed by atoms with Crippen LogP contribution in [0.5, 0.6) is 5.75 Å². The standard InChI is InChI=1S/C8H5BrNO2/c1-11-7-3-6-8(2-5(7)9)12-4-10-6/h2-3H,1H3. The Labute approximate surface area is 77.5 Å². The van der Waals surface area contributed by atoms with Crippen LogP contribution in [0.25, 0.3) is 11.1 Å². The van der Waals surface area contributed by atoms with Crippen LogP contribution in [0.2, 0.25) is 0 Å². The number of ether oxygens (including phenoxy) is 1. The molecular formula is C8H5BrNO2. The van der Waals surface area contributed by atoms with Gasteiger partial charge in [0, 0.05) is 12.1 Å². The van der Waals surface area contributed by atoms with Crippen molar-refractivity contribution >= 4 is 27.0 Å². The zero-order valence-electron chi connectivity index (χ0n) is 6.30. The quantitative estimate of drug-likeness (QED) is 0.750. The van der Waals surface area contributed by atoms with Gasteiger partial charge in [-0.2, -0.15) is 0 Å². The summed E-state index contributed by atoms with van der Waals surface area (Å²) in [7, 11) is 1.61. The van der Waals surface area contributed by atoms with E-state index in [-0.39, 0.29) is 0 Å². The molecule has 0 amide bonds. The maximum Gasteiger partial charge on any atom is 0.284 e. The highest BCUT2D eigenvalue weighted by Crippen LogP contribution is 2.29. The largest absolute Gasteiger partial charge is 0.495 e. The minimum atomic E-state index is 0.697. The van der Waals surface area contributed by atoms with E-state index in [1.165, 1.54) is 0 Å². The van der Waals surface area contributed by atoms with Crippen molar-refractivity contribution in [1.82, 2.24) is 4.98 Å². The maximum absolute atomic E-state index is 5.08. The van der Waals surface area contributed by atoms with Crippen molar-refractivity contribution in [3.8, 4) is 5.75 Å². The first-order chi connectivity index (χ1) is 5.81. The Morgan fingerprint density at radius 3 is 3.17 bits per heavy atom. The smallest absolute Gasteiger partial charge is 0.284 e. The van der Waals surface area contributed by atoms with Crippen molar-refractivity contribution in [3.63, 3.8) is 0 Å². The monoisotopic (exact) mass is 226 g/mol. The molecule has 0 aliphatic rings. The molecule has 1 aromatic carbocycles. The van der Waals surface area contributed by atoms with Gasteiger partial charge in [0.1, 0.15) is 11.3 Å². The highest BCUT2D eigenvalue weighted by Gasteiger charge is 2.05. The molecule has 0 saturated heterocycles. The van der Waals surface area contributed by atoms with Crippen LogP contribution in [-0.2, 0) is 0 Å². The summed E-state index contributed by atoms with van der Waals surface area (Å²) in [5, 5.41) is 0. The third-order valence-corrected chi connectivity index (χ3v) is 2.17. The van der Waals surface area contributed by atoms with Gasteiger partial charge in [-0.05, 0) is 15.9 Å². The Hall–Kier alpha value is -1.03. The highest BCUT2D eigenvalue weighted by atomic mass is 79.9. The Balaban J connectivity index is 2.73. The highest BCUT2D eigenvalue weighted by molar-refractivity contribution is 9.10. The van der Waals surface area contributed by atoms with Crippen LogP contribution in [0, 0.1) is 6.39 Å². The van der Waals surface area contributed by atoms with Gasteiger partial charge < -0.3 is 9.15 Å². The summed E-state index contributed by atoms with van der Waals surface area (Å²) in [6.07, 6.45) is 2.41. The van der Waals surface area contributed by atoms with Crippen LogP contribution in [0.3, 0.4) is 0 Å². The molecule has 0 spiro atoms. The second kappa shape index (κ2) is 2.79. The fraction of sp³-hybridized carbons (Fsp3) is 0.125. The van der Waals surface area contributed by atoms with Crippen molar-refractivity contribution in [2.45, 2.75) is 0 Å². The van der Waals surface area contributed by atoms with E-state index in [0.717, 1.165) is 15.7 Å². The molecule has 0 aliphatic carbocycles. The summed E-state index contributed by atoms with van der Waals surface area (Å²) in [5.41, 5.74) is 1.44. The van der Waals surface area contributed by atoms with E-state index in [4.69, 9.17) is 9.15 Å². The maximum atomic E-state index is 5.08. The van der Waals surface area contributed by atoms with Crippen LogP contribution < -0.4 is 4.74 Å². The average molecular weight is 227 g/mol. The number of oxazole rings is 1. The van der Waals surface area contributed by atoms with Crippen molar-refractivity contribution in [3.05, 3.63) is 23.0 Å². The molecule has 1 aromatic heterocycles. The predicted molar refractivity (Wildman–Crippen MR) is 47.1 cm³/mol. The number of halogens is 1. The van der Waals surface area contributed by atoms with Gasteiger partial charge in [0.15, 0.2) is 5.58 Å². The first-order valence-electron chi connectivity index (χ1n) is 3.31. The first kappa shape index (κ1) is 7.61. The van der Waals surface area contributed by atoms with E-state index < -0.39 is 0 Å². The molecule has 3 nitrogen and oxygen atoms in total. The third kappa shape index (κ3) is 1.08. The molecule has 12 heavy (non-hydrogen) atoms. The summed E-state index contributed by atoms with van der Waals surface area (Å²) >= 11 is 3.34. The first-order valence-corrected chi connectivity index (χ1v) is 4.10. The summed E-state index contributed by atoms with van der Waals surface area (Å²) < 4.78 is 10.9. The van der Waals surface area contributed by atoms with Crippen LogP contribution in [0.4, 0.5) is 0 Å². The van der Waals surface area contributed by atoms with Crippen LogP contribution in [0.15, 0.2) is 21.0 Å². The fourth-order valence-electron chi connectivity index (χ4n) is 0.971. The van der Waals surface area contributed by atoms with E-state index >= 15 is 0 Å². The SMILES string of the molecule is COc1cc2n[c]oc2cc1Br. The number of benzene rings is 1. The van der Waals surface area contributed by atoms with Gasteiger partial charge in [-0.25, -0.2) is 4.98 Å². The van der Waals surface area contributed by atoms with Gasteiger partial charge in [-0.15, -0.1) is 0 Å². The van der Waals surface area contributed by atoms with E-state index in [1.807, 2.05) is 0 Å². The molecule has 61 valence electrons. The lowest BCUT2D eigenvalue weighted by Crippen LogP contribution is -1.83. The van der Waals surface area contributed by atoms with Gasteiger partial charge in [0.25, 0.3) is 6.39 Å². The summed E-state index contributed by atoms with van der Waals surface area (Å²) in [4.78, 5) is 3.88. The zero-order chi connectivity index (χ0) is 8.55. The summed E-state index contributed by atoms with van der Waals surface area (Å²) in [6, 6.07) is 3.59. The summed E-state index contributed by atoms with van der Waals surface area (Å²) in [5.74, 6) is 0.741. The lowest BCUT2D eigenvalue weighted by Gasteiger charge is -2.00. The normalized spacial score (nSPS) is 10.5. The second-order valence-electron chi connectivity index (χ2n) is 2.26. The molecular weight excluding hydrogens is 222 g/mol. The Kier molecular flexibility index (Phi) is 1.77. The van der Waals surface area contributed by atoms with Gasteiger partial charge in [0.2, 0.25) is 0 Å². The van der Waals surface area contributed by atoms with E-state index in [9.17, 15) is 0 Å². The molecule has 4 heteroatoms. The molecule has 0 N–H and O–H groups in total. The van der Waals surface area contributed by atoms with Crippen molar-refractivity contribution in [2.75, 3.05) is 7.11 Å². The van der Waals surface area contributed by atoms with Crippen LogP contribution in [-0.4, -0.2) is 12.1 Å².